The SMILES string of the molecule is CC(=O)Oc1ccc(/C=C2\Cc3ccccc3/C(=C\c3ccc(OC(C)=O)cc3)C2=O)cc1. The number of esters is 2. The van der Waals surface area contributed by atoms with E-state index in [9.17, 15) is 14.4 Å². The van der Waals surface area contributed by atoms with Crippen LogP contribution in [0.25, 0.3) is 17.7 Å². The van der Waals surface area contributed by atoms with Crippen molar-refractivity contribution in [2.24, 2.45) is 0 Å². The molecule has 3 aromatic carbocycles. The van der Waals surface area contributed by atoms with Crippen LogP contribution >= 0.6 is 0 Å². The molecule has 0 heterocycles. The Balaban J connectivity index is 1.68. The van der Waals surface area contributed by atoms with Crippen molar-refractivity contribution in [2.75, 3.05) is 0 Å². The highest BCUT2D eigenvalue weighted by molar-refractivity contribution is 6.35. The maximum absolute atomic E-state index is 13.4. The number of hydrogen-bond acceptors (Lipinski definition) is 5. The van der Waals surface area contributed by atoms with E-state index in [1.54, 1.807) is 24.3 Å². The fourth-order valence-electron chi connectivity index (χ4n) is 3.74. The van der Waals surface area contributed by atoms with Gasteiger partial charge in [0.1, 0.15) is 11.5 Å². The molecule has 0 aliphatic heterocycles. The summed E-state index contributed by atoms with van der Waals surface area (Å²) in [6.07, 6.45) is 4.26. The van der Waals surface area contributed by atoms with Gasteiger partial charge in [-0.2, -0.15) is 0 Å². The van der Waals surface area contributed by atoms with E-state index in [2.05, 4.69) is 0 Å². The molecule has 0 unspecified atom stereocenters. The normalized spacial score (nSPS) is 15.3. The average Bonchev–Trinajstić information content (AvgIpc) is 2.78. The van der Waals surface area contributed by atoms with Crippen LogP contribution in [0.15, 0.2) is 78.4 Å². The van der Waals surface area contributed by atoms with E-state index < -0.39 is 0 Å². The van der Waals surface area contributed by atoms with Gasteiger partial charge in [0.15, 0.2) is 5.78 Å². The first-order valence-corrected chi connectivity index (χ1v) is 10.5. The molecule has 1 aliphatic carbocycles. The van der Waals surface area contributed by atoms with Crippen LogP contribution in [-0.2, 0) is 20.8 Å². The third-order valence-electron chi connectivity index (χ3n) is 5.16. The predicted octanol–water partition coefficient (Wildman–Crippen LogP) is 5.29. The highest BCUT2D eigenvalue weighted by Gasteiger charge is 2.25. The number of carbonyl (C=O) groups is 3. The molecule has 0 bridgehead atoms. The zero-order chi connectivity index (χ0) is 23.4. The predicted molar refractivity (Wildman–Crippen MR) is 127 cm³/mol. The number of fused-ring (bicyclic) bond motifs is 1. The Morgan fingerprint density at radius 1 is 0.727 bits per heavy atom. The summed E-state index contributed by atoms with van der Waals surface area (Å²) in [5, 5.41) is 0. The van der Waals surface area contributed by atoms with Crippen molar-refractivity contribution >= 4 is 35.4 Å². The third-order valence-corrected chi connectivity index (χ3v) is 5.16. The van der Waals surface area contributed by atoms with E-state index in [0.29, 0.717) is 29.1 Å². The summed E-state index contributed by atoms with van der Waals surface area (Å²) in [7, 11) is 0. The first-order valence-electron chi connectivity index (χ1n) is 10.5. The second kappa shape index (κ2) is 9.49. The third kappa shape index (κ3) is 5.33. The topological polar surface area (TPSA) is 69.7 Å². The number of ether oxygens (including phenoxy) is 2. The van der Waals surface area contributed by atoms with Crippen LogP contribution < -0.4 is 9.47 Å². The number of Topliss-reactive ketones (excluding diaryl/α,β-unsaturated/α-hetero) is 1. The quantitative estimate of drug-likeness (QED) is 0.315. The summed E-state index contributed by atoms with van der Waals surface area (Å²) in [4.78, 5) is 35.7. The van der Waals surface area contributed by atoms with E-state index >= 15 is 0 Å². The molecule has 0 atom stereocenters. The summed E-state index contributed by atoms with van der Waals surface area (Å²) in [6.45, 7) is 2.71. The summed E-state index contributed by atoms with van der Waals surface area (Å²) in [5.74, 6) is 0.117. The van der Waals surface area contributed by atoms with E-state index in [1.807, 2.05) is 60.7 Å². The summed E-state index contributed by atoms with van der Waals surface area (Å²) in [5.41, 5.74) is 4.95. The van der Waals surface area contributed by atoms with Gasteiger partial charge in [0.25, 0.3) is 0 Å². The minimum Gasteiger partial charge on any atom is -0.427 e. The van der Waals surface area contributed by atoms with Crippen LogP contribution in [0.2, 0.25) is 0 Å². The van der Waals surface area contributed by atoms with Crippen molar-refractivity contribution in [1.82, 2.24) is 0 Å². The molecule has 0 amide bonds. The summed E-state index contributed by atoms with van der Waals surface area (Å²) in [6, 6.07) is 21.9. The van der Waals surface area contributed by atoms with Gasteiger partial charge >= 0.3 is 11.9 Å². The standard InChI is InChI=1S/C28H22O5/c1-18(29)32-24-11-7-20(8-12-24)15-23-17-22-5-3-4-6-26(22)27(28(23)31)16-21-9-13-25(14-10-21)33-19(2)30/h3-16H,17H2,1-2H3/b23-15+,27-16+. The van der Waals surface area contributed by atoms with Gasteiger partial charge in [-0.25, -0.2) is 0 Å². The molecule has 0 saturated heterocycles. The highest BCUT2D eigenvalue weighted by Crippen LogP contribution is 2.34. The molecular weight excluding hydrogens is 416 g/mol. The van der Waals surface area contributed by atoms with Crippen LogP contribution in [0.5, 0.6) is 11.5 Å². The molecule has 3 aromatic rings. The fraction of sp³-hybridized carbons (Fsp3) is 0.107. The molecule has 4 rings (SSSR count). The molecule has 1 aliphatic rings. The molecule has 0 saturated carbocycles. The van der Waals surface area contributed by atoms with Gasteiger partial charge in [-0.05, 0) is 58.7 Å². The monoisotopic (exact) mass is 438 g/mol. The number of carbonyl (C=O) groups excluding carboxylic acids is 3. The molecule has 0 aromatic heterocycles. The van der Waals surface area contributed by atoms with Crippen molar-refractivity contribution in [2.45, 2.75) is 20.3 Å². The lowest BCUT2D eigenvalue weighted by Crippen LogP contribution is -2.16. The van der Waals surface area contributed by atoms with Crippen LogP contribution in [0.4, 0.5) is 0 Å². The van der Waals surface area contributed by atoms with Crippen molar-refractivity contribution in [3.63, 3.8) is 0 Å². The van der Waals surface area contributed by atoms with Crippen molar-refractivity contribution in [3.05, 3.63) is 101 Å². The van der Waals surface area contributed by atoms with Crippen molar-refractivity contribution in [1.29, 1.82) is 0 Å². The Hall–Kier alpha value is -4.25. The number of benzene rings is 3. The first-order chi connectivity index (χ1) is 15.9. The molecule has 0 radical (unpaired) electrons. The lowest BCUT2D eigenvalue weighted by molar-refractivity contribution is -0.132. The van der Waals surface area contributed by atoms with E-state index in [0.717, 1.165) is 22.3 Å². The number of allylic oxidation sites excluding steroid dienone is 2. The Kier molecular flexibility index (Phi) is 6.31. The molecule has 33 heavy (non-hydrogen) atoms. The number of ketones is 1. The molecule has 164 valence electrons. The van der Waals surface area contributed by atoms with Crippen molar-refractivity contribution < 1.29 is 23.9 Å². The van der Waals surface area contributed by atoms with Gasteiger partial charge in [0, 0.05) is 31.4 Å². The molecule has 0 spiro atoms. The van der Waals surface area contributed by atoms with Gasteiger partial charge in [-0.1, -0.05) is 48.5 Å². The maximum atomic E-state index is 13.4. The van der Waals surface area contributed by atoms with E-state index in [-0.39, 0.29) is 17.7 Å². The zero-order valence-electron chi connectivity index (χ0n) is 18.3. The maximum Gasteiger partial charge on any atom is 0.308 e. The van der Waals surface area contributed by atoms with E-state index in [1.165, 1.54) is 13.8 Å². The Morgan fingerprint density at radius 2 is 1.24 bits per heavy atom. The van der Waals surface area contributed by atoms with Crippen molar-refractivity contribution in [3.8, 4) is 11.5 Å². The highest BCUT2D eigenvalue weighted by atomic mass is 16.5. The second-order valence-electron chi connectivity index (χ2n) is 7.72. The summed E-state index contributed by atoms with van der Waals surface area (Å²) < 4.78 is 10.2. The smallest absolute Gasteiger partial charge is 0.308 e. The van der Waals surface area contributed by atoms with E-state index in [4.69, 9.17) is 9.47 Å². The van der Waals surface area contributed by atoms with Gasteiger partial charge < -0.3 is 9.47 Å². The van der Waals surface area contributed by atoms with Gasteiger partial charge in [0.05, 0.1) is 0 Å². The lowest BCUT2D eigenvalue weighted by atomic mass is 9.81. The number of hydrogen-bond donors (Lipinski definition) is 0. The minimum absolute atomic E-state index is 0.0400. The Labute approximate surface area is 192 Å². The van der Waals surface area contributed by atoms with Gasteiger partial charge in [0.2, 0.25) is 0 Å². The molecule has 0 N–H and O–H groups in total. The number of rotatable bonds is 4. The van der Waals surface area contributed by atoms with Crippen LogP contribution in [-0.4, -0.2) is 17.7 Å². The van der Waals surface area contributed by atoms with Crippen LogP contribution in [0.1, 0.15) is 36.1 Å². The van der Waals surface area contributed by atoms with Crippen LogP contribution in [0.3, 0.4) is 0 Å². The Morgan fingerprint density at radius 3 is 1.79 bits per heavy atom. The Bertz CT molecular complexity index is 1280. The average molecular weight is 438 g/mol. The fourth-order valence-corrected chi connectivity index (χ4v) is 3.74. The van der Waals surface area contributed by atoms with Gasteiger partial charge in [-0.15, -0.1) is 0 Å². The lowest BCUT2D eigenvalue weighted by Gasteiger charge is -2.21. The molecular formula is C28H22O5. The largest absolute Gasteiger partial charge is 0.427 e. The molecule has 5 nitrogen and oxygen atoms in total. The molecule has 5 heteroatoms. The first kappa shape index (κ1) is 22.0. The van der Waals surface area contributed by atoms with Crippen LogP contribution in [0, 0.1) is 0 Å². The minimum atomic E-state index is -0.381. The molecule has 0 fully saturated rings. The zero-order valence-corrected chi connectivity index (χ0v) is 18.3. The summed E-state index contributed by atoms with van der Waals surface area (Å²) >= 11 is 0. The second-order valence-corrected chi connectivity index (χ2v) is 7.72. The van der Waals surface area contributed by atoms with Gasteiger partial charge in [-0.3, -0.25) is 14.4 Å².